The van der Waals surface area contributed by atoms with E-state index in [4.69, 9.17) is 4.74 Å². The van der Waals surface area contributed by atoms with Crippen molar-refractivity contribution in [2.75, 3.05) is 5.32 Å². The number of ether oxygens (including phenoxy) is 1. The van der Waals surface area contributed by atoms with Crippen molar-refractivity contribution in [2.45, 2.75) is 47.5 Å². The second kappa shape index (κ2) is 9.76. The summed E-state index contributed by atoms with van der Waals surface area (Å²) < 4.78 is 5.14. The summed E-state index contributed by atoms with van der Waals surface area (Å²) >= 11 is 0. The lowest BCUT2D eigenvalue weighted by atomic mass is 9.84. The van der Waals surface area contributed by atoms with Gasteiger partial charge < -0.3 is 10.1 Å². The number of anilines is 1. The molecular weight excluding hydrogens is 326 g/mol. The van der Waals surface area contributed by atoms with Crippen LogP contribution < -0.4 is 10.1 Å². The minimum Gasteiger partial charge on any atom is -0.424 e. The third kappa shape index (κ3) is 7.51. The minimum absolute atomic E-state index is 0.130. The Balaban J connectivity index is 3.04. The highest BCUT2D eigenvalue weighted by Crippen LogP contribution is 2.30. The highest BCUT2D eigenvalue weighted by Gasteiger charge is 2.15. The van der Waals surface area contributed by atoms with Crippen LogP contribution in [0.5, 0.6) is 5.75 Å². The monoisotopic (exact) mass is 355 g/mol. The van der Waals surface area contributed by atoms with Crippen LogP contribution in [0.3, 0.4) is 0 Å². The maximum Gasteiger partial charge on any atom is 0.308 e. The molecule has 1 amide bonds. The standard InChI is InChI=1S/C22H29NO3/c1-7-22(6,13-8-9-16(2)3)14-12-19-10-11-21(26-18(5)25)20(15-19)23-17(4)24/h7,9-12,14-15H,1,8,13H2,2-6H3,(H,23,24)/b14-12+/t22-/m1/s1. The Hall–Kier alpha value is -2.62. The number of allylic oxidation sites excluding steroid dienone is 4. The van der Waals surface area contributed by atoms with E-state index in [9.17, 15) is 9.59 Å². The first-order valence-corrected chi connectivity index (χ1v) is 8.71. The summed E-state index contributed by atoms with van der Waals surface area (Å²) in [5, 5.41) is 2.70. The van der Waals surface area contributed by atoms with Crippen LogP contribution in [-0.2, 0) is 9.59 Å². The quantitative estimate of drug-likeness (QED) is 0.379. The van der Waals surface area contributed by atoms with Gasteiger partial charge in [-0.05, 0) is 44.4 Å². The highest BCUT2D eigenvalue weighted by molar-refractivity contribution is 5.91. The first-order chi connectivity index (χ1) is 12.1. The number of rotatable bonds is 8. The molecule has 1 atom stereocenters. The molecule has 0 saturated heterocycles. The molecule has 0 fully saturated rings. The smallest absolute Gasteiger partial charge is 0.308 e. The summed E-state index contributed by atoms with van der Waals surface area (Å²) in [6.45, 7) is 13.0. The average molecular weight is 355 g/mol. The van der Waals surface area contributed by atoms with Gasteiger partial charge in [-0.1, -0.05) is 42.9 Å². The molecule has 1 aromatic rings. The van der Waals surface area contributed by atoms with E-state index in [0.717, 1.165) is 18.4 Å². The van der Waals surface area contributed by atoms with Crippen molar-refractivity contribution in [3.05, 3.63) is 54.1 Å². The lowest BCUT2D eigenvalue weighted by Crippen LogP contribution is -2.10. The van der Waals surface area contributed by atoms with Crippen molar-refractivity contribution >= 4 is 23.6 Å². The molecule has 0 radical (unpaired) electrons. The van der Waals surface area contributed by atoms with Gasteiger partial charge in [0, 0.05) is 19.3 Å². The zero-order valence-electron chi connectivity index (χ0n) is 16.4. The van der Waals surface area contributed by atoms with Gasteiger partial charge in [0.2, 0.25) is 5.91 Å². The Morgan fingerprint density at radius 1 is 1.23 bits per heavy atom. The molecule has 0 aliphatic rings. The van der Waals surface area contributed by atoms with Crippen LogP contribution in [0.4, 0.5) is 5.69 Å². The fourth-order valence-electron chi connectivity index (χ4n) is 2.39. The SMILES string of the molecule is C=C[C@@](C)(/C=C/c1ccc(OC(C)=O)c(NC(C)=O)c1)CCC=C(C)C. The normalized spacial score (nSPS) is 13.0. The lowest BCUT2D eigenvalue weighted by molar-refractivity contribution is -0.131. The lowest BCUT2D eigenvalue weighted by Gasteiger charge is -2.21. The van der Waals surface area contributed by atoms with Crippen molar-refractivity contribution in [2.24, 2.45) is 5.41 Å². The van der Waals surface area contributed by atoms with E-state index >= 15 is 0 Å². The first kappa shape index (κ1) is 21.4. The second-order valence-corrected chi connectivity index (χ2v) is 6.89. The van der Waals surface area contributed by atoms with Gasteiger partial charge in [-0.2, -0.15) is 0 Å². The van der Waals surface area contributed by atoms with Crippen molar-refractivity contribution in [1.82, 2.24) is 0 Å². The third-order valence-corrected chi connectivity index (χ3v) is 3.93. The summed E-state index contributed by atoms with van der Waals surface area (Å²) in [7, 11) is 0. The molecule has 0 aliphatic heterocycles. The van der Waals surface area contributed by atoms with Crippen LogP contribution in [0.25, 0.3) is 6.08 Å². The molecule has 0 unspecified atom stereocenters. The highest BCUT2D eigenvalue weighted by atomic mass is 16.5. The molecule has 0 aromatic heterocycles. The molecular formula is C22H29NO3. The van der Waals surface area contributed by atoms with Crippen molar-refractivity contribution in [1.29, 1.82) is 0 Å². The van der Waals surface area contributed by atoms with Crippen LogP contribution in [-0.4, -0.2) is 11.9 Å². The molecule has 4 nitrogen and oxygen atoms in total. The topological polar surface area (TPSA) is 55.4 Å². The van der Waals surface area contributed by atoms with Gasteiger partial charge >= 0.3 is 5.97 Å². The predicted octanol–water partition coefficient (Wildman–Crippen LogP) is 5.52. The molecule has 0 spiro atoms. The zero-order valence-corrected chi connectivity index (χ0v) is 16.4. The zero-order chi connectivity index (χ0) is 19.7. The number of amides is 1. The summed E-state index contributed by atoms with van der Waals surface area (Å²) in [4.78, 5) is 22.6. The largest absolute Gasteiger partial charge is 0.424 e. The second-order valence-electron chi connectivity index (χ2n) is 6.89. The van der Waals surface area contributed by atoms with Crippen LogP contribution in [0.1, 0.15) is 53.0 Å². The van der Waals surface area contributed by atoms with E-state index in [-0.39, 0.29) is 11.3 Å². The molecule has 1 aromatic carbocycles. The Bertz CT molecular complexity index is 727. The molecule has 4 heteroatoms. The Morgan fingerprint density at radius 3 is 2.46 bits per heavy atom. The number of carbonyl (C=O) groups is 2. The predicted molar refractivity (Wildman–Crippen MR) is 108 cm³/mol. The molecule has 1 N–H and O–H groups in total. The van der Waals surface area contributed by atoms with Crippen LogP contribution in [0.2, 0.25) is 0 Å². The molecule has 1 rings (SSSR count). The summed E-state index contributed by atoms with van der Waals surface area (Å²) in [5.74, 6) is -0.324. The van der Waals surface area contributed by atoms with E-state index in [1.54, 1.807) is 12.1 Å². The molecule has 0 saturated carbocycles. The van der Waals surface area contributed by atoms with Crippen LogP contribution >= 0.6 is 0 Å². The van der Waals surface area contributed by atoms with Gasteiger partial charge in [0.15, 0.2) is 5.75 Å². The van der Waals surface area contributed by atoms with Crippen molar-refractivity contribution in [3.8, 4) is 5.75 Å². The molecule has 0 heterocycles. The molecule has 140 valence electrons. The number of esters is 1. The number of carbonyl (C=O) groups excluding carboxylic acids is 2. The maximum atomic E-state index is 11.4. The van der Waals surface area contributed by atoms with E-state index in [1.165, 1.54) is 19.4 Å². The molecule has 0 bridgehead atoms. The van der Waals surface area contributed by atoms with Gasteiger partial charge in [0.1, 0.15) is 0 Å². The Morgan fingerprint density at radius 2 is 1.92 bits per heavy atom. The fraction of sp³-hybridized carbons (Fsp3) is 0.364. The van der Waals surface area contributed by atoms with Gasteiger partial charge in [0.25, 0.3) is 0 Å². The van der Waals surface area contributed by atoms with Crippen molar-refractivity contribution in [3.63, 3.8) is 0 Å². The number of hydrogen-bond donors (Lipinski definition) is 1. The van der Waals surface area contributed by atoms with E-state index in [0.29, 0.717) is 11.4 Å². The van der Waals surface area contributed by atoms with Crippen LogP contribution in [0, 0.1) is 5.41 Å². The number of benzene rings is 1. The van der Waals surface area contributed by atoms with Gasteiger partial charge in [-0.25, -0.2) is 0 Å². The van der Waals surface area contributed by atoms with Crippen molar-refractivity contribution < 1.29 is 14.3 Å². The van der Waals surface area contributed by atoms with Gasteiger partial charge in [-0.15, -0.1) is 6.58 Å². The Labute approximate surface area is 156 Å². The molecule has 26 heavy (non-hydrogen) atoms. The third-order valence-electron chi connectivity index (χ3n) is 3.93. The average Bonchev–Trinajstić information content (AvgIpc) is 2.54. The first-order valence-electron chi connectivity index (χ1n) is 8.71. The van der Waals surface area contributed by atoms with E-state index in [1.807, 2.05) is 18.2 Å². The van der Waals surface area contributed by atoms with Gasteiger partial charge in [0.05, 0.1) is 5.69 Å². The maximum absolute atomic E-state index is 11.4. The number of hydrogen-bond acceptors (Lipinski definition) is 3. The van der Waals surface area contributed by atoms with Gasteiger partial charge in [-0.3, -0.25) is 9.59 Å². The molecule has 0 aliphatic carbocycles. The minimum atomic E-state index is -0.432. The summed E-state index contributed by atoms with van der Waals surface area (Å²) in [6.07, 6.45) is 10.2. The summed E-state index contributed by atoms with van der Waals surface area (Å²) in [5.41, 5.74) is 2.55. The van der Waals surface area contributed by atoms with E-state index in [2.05, 4.69) is 44.8 Å². The fourth-order valence-corrected chi connectivity index (χ4v) is 2.39. The van der Waals surface area contributed by atoms with E-state index < -0.39 is 5.97 Å². The Kier molecular flexibility index (Phi) is 8.04. The number of nitrogens with one attached hydrogen (secondary N) is 1. The summed E-state index contributed by atoms with van der Waals surface area (Å²) in [6, 6.07) is 5.32. The van der Waals surface area contributed by atoms with Crippen LogP contribution in [0.15, 0.2) is 48.6 Å².